The van der Waals surface area contributed by atoms with Crippen molar-refractivity contribution in [2.75, 3.05) is 12.3 Å². The molecular formula is C20H22Cl3NO2S. The van der Waals surface area contributed by atoms with Crippen molar-refractivity contribution in [1.29, 1.82) is 0 Å². The molecule has 0 spiro atoms. The number of hydrogen-bond donors (Lipinski definition) is 1. The number of aryl methyl sites for hydroxylation is 1. The number of rotatable bonds is 9. The molecule has 0 saturated carbocycles. The number of amides is 1. The summed E-state index contributed by atoms with van der Waals surface area (Å²) in [6.07, 6.45) is 0.0455. The normalized spacial score (nSPS) is 11.9. The molecule has 0 saturated heterocycles. The van der Waals surface area contributed by atoms with Gasteiger partial charge in [-0.25, -0.2) is 0 Å². The lowest BCUT2D eigenvalue weighted by Crippen LogP contribution is -2.39. The Kier molecular flexibility index (Phi) is 9.10. The summed E-state index contributed by atoms with van der Waals surface area (Å²) in [5, 5.41) is 4.92. The van der Waals surface area contributed by atoms with Crippen LogP contribution in [0.3, 0.4) is 0 Å². The van der Waals surface area contributed by atoms with Crippen molar-refractivity contribution in [3.05, 3.63) is 62.6 Å². The standard InChI is InChI=1S/C20H22Cl3NO2S/c1-3-19(26-14-7-8-16(21)13(2)11-14)20(25)24-9-10-27-12-15-17(22)5-4-6-18(15)23/h4-8,11,19H,3,9-10,12H2,1-2H3,(H,24,25)/t19-/m1/s1. The number of hydrogen-bond acceptors (Lipinski definition) is 3. The van der Waals surface area contributed by atoms with Crippen LogP contribution >= 0.6 is 46.6 Å². The number of thioether (sulfide) groups is 1. The average molecular weight is 447 g/mol. The van der Waals surface area contributed by atoms with E-state index in [1.165, 1.54) is 0 Å². The molecule has 7 heteroatoms. The van der Waals surface area contributed by atoms with Crippen LogP contribution in [0.15, 0.2) is 36.4 Å². The summed E-state index contributed by atoms with van der Waals surface area (Å²) >= 11 is 20.0. The Hall–Kier alpha value is -1.07. The van der Waals surface area contributed by atoms with Gasteiger partial charge < -0.3 is 10.1 Å². The lowest BCUT2D eigenvalue weighted by atomic mass is 10.2. The maximum Gasteiger partial charge on any atom is 0.261 e. The molecule has 2 aromatic carbocycles. The molecule has 1 atom stereocenters. The van der Waals surface area contributed by atoms with Crippen LogP contribution in [0.4, 0.5) is 0 Å². The molecule has 0 aromatic heterocycles. The van der Waals surface area contributed by atoms with Crippen LogP contribution in [0.25, 0.3) is 0 Å². The fourth-order valence-electron chi connectivity index (χ4n) is 2.38. The van der Waals surface area contributed by atoms with E-state index in [4.69, 9.17) is 39.5 Å². The molecule has 2 aromatic rings. The molecule has 0 radical (unpaired) electrons. The van der Waals surface area contributed by atoms with Crippen molar-refractivity contribution in [2.24, 2.45) is 0 Å². The van der Waals surface area contributed by atoms with E-state index in [0.717, 1.165) is 16.9 Å². The number of benzene rings is 2. The molecule has 146 valence electrons. The van der Waals surface area contributed by atoms with Gasteiger partial charge in [0.1, 0.15) is 5.75 Å². The van der Waals surface area contributed by atoms with Gasteiger partial charge in [0, 0.05) is 33.1 Å². The highest BCUT2D eigenvalue weighted by atomic mass is 35.5. The monoisotopic (exact) mass is 445 g/mol. The zero-order valence-corrected chi connectivity index (χ0v) is 18.3. The fourth-order valence-corrected chi connectivity index (χ4v) is 4.09. The second-order valence-corrected chi connectivity index (χ2v) is 8.30. The number of nitrogens with one attached hydrogen (secondary N) is 1. The Bertz CT molecular complexity index is 766. The highest BCUT2D eigenvalue weighted by molar-refractivity contribution is 7.98. The first-order valence-electron chi connectivity index (χ1n) is 8.63. The van der Waals surface area contributed by atoms with Gasteiger partial charge >= 0.3 is 0 Å². The lowest BCUT2D eigenvalue weighted by Gasteiger charge is -2.18. The van der Waals surface area contributed by atoms with Gasteiger partial charge in [-0.05, 0) is 54.8 Å². The van der Waals surface area contributed by atoms with Crippen molar-refractivity contribution in [3.8, 4) is 5.75 Å². The van der Waals surface area contributed by atoms with Crippen molar-refractivity contribution in [3.63, 3.8) is 0 Å². The van der Waals surface area contributed by atoms with E-state index < -0.39 is 6.10 Å². The minimum Gasteiger partial charge on any atom is -0.481 e. The minimum atomic E-state index is -0.534. The maximum absolute atomic E-state index is 12.4. The average Bonchev–Trinajstić information content (AvgIpc) is 2.64. The van der Waals surface area contributed by atoms with E-state index >= 15 is 0 Å². The van der Waals surface area contributed by atoms with Crippen LogP contribution in [0, 0.1) is 6.92 Å². The summed E-state index contributed by atoms with van der Waals surface area (Å²) in [6.45, 7) is 4.37. The number of carbonyl (C=O) groups is 1. The molecule has 1 amide bonds. The Labute approximate surface area is 179 Å². The topological polar surface area (TPSA) is 38.3 Å². The summed E-state index contributed by atoms with van der Waals surface area (Å²) in [4.78, 5) is 12.4. The number of ether oxygens (including phenoxy) is 1. The summed E-state index contributed by atoms with van der Waals surface area (Å²) in [5.41, 5.74) is 1.84. The van der Waals surface area contributed by atoms with Gasteiger partial charge in [-0.2, -0.15) is 11.8 Å². The van der Waals surface area contributed by atoms with E-state index in [2.05, 4.69) is 5.32 Å². The second-order valence-electron chi connectivity index (χ2n) is 5.97. The first kappa shape index (κ1) is 22.2. The van der Waals surface area contributed by atoms with Crippen molar-refractivity contribution < 1.29 is 9.53 Å². The Morgan fingerprint density at radius 3 is 2.48 bits per heavy atom. The zero-order valence-electron chi connectivity index (χ0n) is 15.2. The van der Waals surface area contributed by atoms with Crippen LogP contribution in [0.1, 0.15) is 24.5 Å². The largest absolute Gasteiger partial charge is 0.481 e. The van der Waals surface area contributed by atoms with Crippen LogP contribution in [-0.4, -0.2) is 24.3 Å². The number of carbonyl (C=O) groups excluding carboxylic acids is 1. The zero-order chi connectivity index (χ0) is 19.8. The SMILES string of the molecule is CC[C@@H](Oc1ccc(Cl)c(C)c1)C(=O)NCCSCc1c(Cl)cccc1Cl. The van der Waals surface area contributed by atoms with Gasteiger partial charge in [0.2, 0.25) is 0 Å². The maximum atomic E-state index is 12.4. The third-order valence-corrected chi connectivity index (χ3v) is 6.04. The first-order chi connectivity index (χ1) is 12.9. The molecular weight excluding hydrogens is 425 g/mol. The summed E-state index contributed by atoms with van der Waals surface area (Å²) < 4.78 is 5.81. The molecule has 2 rings (SSSR count). The highest BCUT2D eigenvalue weighted by Crippen LogP contribution is 2.28. The molecule has 0 unspecified atom stereocenters. The molecule has 27 heavy (non-hydrogen) atoms. The molecule has 0 heterocycles. The van der Waals surface area contributed by atoms with E-state index in [-0.39, 0.29) is 5.91 Å². The Balaban J connectivity index is 1.77. The van der Waals surface area contributed by atoms with E-state index in [1.54, 1.807) is 23.9 Å². The van der Waals surface area contributed by atoms with Crippen LogP contribution in [0.2, 0.25) is 15.1 Å². The van der Waals surface area contributed by atoms with Crippen molar-refractivity contribution in [1.82, 2.24) is 5.32 Å². The van der Waals surface area contributed by atoms with Gasteiger partial charge in [-0.1, -0.05) is 47.8 Å². The Morgan fingerprint density at radius 1 is 1.15 bits per heavy atom. The molecule has 0 aliphatic carbocycles. The van der Waals surface area contributed by atoms with Crippen molar-refractivity contribution >= 4 is 52.5 Å². The van der Waals surface area contributed by atoms with E-state index in [0.29, 0.717) is 39.5 Å². The number of halogens is 3. The summed E-state index contributed by atoms with van der Waals surface area (Å²) in [6, 6.07) is 10.9. The minimum absolute atomic E-state index is 0.124. The van der Waals surface area contributed by atoms with Crippen LogP contribution < -0.4 is 10.1 Å². The molecule has 0 fully saturated rings. The summed E-state index contributed by atoms with van der Waals surface area (Å²) in [5.74, 6) is 1.97. The predicted molar refractivity (Wildman–Crippen MR) is 117 cm³/mol. The molecule has 0 aliphatic heterocycles. The smallest absolute Gasteiger partial charge is 0.261 e. The van der Waals surface area contributed by atoms with Gasteiger partial charge in [-0.15, -0.1) is 0 Å². The molecule has 1 N–H and O–H groups in total. The first-order valence-corrected chi connectivity index (χ1v) is 10.9. The molecule has 3 nitrogen and oxygen atoms in total. The van der Waals surface area contributed by atoms with Crippen molar-refractivity contribution in [2.45, 2.75) is 32.1 Å². The van der Waals surface area contributed by atoms with E-state index in [9.17, 15) is 4.79 Å². The van der Waals surface area contributed by atoms with Crippen LogP contribution in [0.5, 0.6) is 5.75 Å². The molecule has 0 bridgehead atoms. The third kappa shape index (κ3) is 6.79. The summed E-state index contributed by atoms with van der Waals surface area (Å²) in [7, 11) is 0. The third-order valence-electron chi connectivity index (χ3n) is 3.92. The van der Waals surface area contributed by atoms with Crippen LogP contribution in [-0.2, 0) is 10.5 Å². The van der Waals surface area contributed by atoms with Gasteiger partial charge in [0.25, 0.3) is 5.91 Å². The second kappa shape index (κ2) is 11.1. The Morgan fingerprint density at radius 2 is 1.85 bits per heavy atom. The molecule has 0 aliphatic rings. The highest BCUT2D eigenvalue weighted by Gasteiger charge is 2.18. The van der Waals surface area contributed by atoms with Gasteiger partial charge in [-0.3, -0.25) is 4.79 Å². The quantitative estimate of drug-likeness (QED) is 0.469. The predicted octanol–water partition coefficient (Wildman–Crippen LogP) is 6.16. The van der Waals surface area contributed by atoms with Gasteiger partial charge in [0.15, 0.2) is 6.10 Å². The van der Waals surface area contributed by atoms with E-state index in [1.807, 2.05) is 38.1 Å². The lowest BCUT2D eigenvalue weighted by molar-refractivity contribution is -0.127. The van der Waals surface area contributed by atoms with Gasteiger partial charge in [0.05, 0.1) is 0 Å². The fraction of sp³-hybridized carbons (Fsp3) is 0.350.